The van der Waals surface area contributed by atoms with Gasteiger partial charge in [0.05, 0.1) is 18.8 Å². The van der Waals surface area contributed by atoms with E-state index < -0.39 is 157 Å². The van der Waals surface area contributed by atoms with Gasteiger partial charge in [-0.2, -0.15) is 0 Å². The van der Waals surface area contributed by atoms with Crippen molar-refractivity contribution in [2.45, 2.75) is 209 Å². The summed E-state index contributed by atoms with van der Waals surface area (Å²) in [5, 5.41) is 39.2. The van der Waals surface area contributed by atoms with Crippen LogP contribution >= 0.6 is 54.9 Å². The molecule has 3 saturated heterocycles. The summed E-state index contributed by atoms with van der Waals surface area (Å²) in [5.41, 5.74) is 26.3. The molecular weight excluding hydrogens is 1670 g/mol. The maximum atomic E-state index is 15.3. The molecule has 43 heteroatoms. The molecule has 4 aromatic rings. The highest BCUT2D eigenvalue weighted by Crippen LogP contribution is 2.37. The molecule has 12 N–H and O–H groups in total. The lowest BCUT2D eigenvalue weighted by Gasteiger charge is -2.30. The molecule has 38 nitrogen and oxygen atoms in total. The van der Waals surface area contributed by atoms with Crippen LogP contribution in [0, 0.1) is 0 Å². The first kappa shape index (κ1) is 97.8. The Labute approximate surface area is 720 Å². The maximum Gasteiger partial charge on any atom is 0.411 e. The Bertz CT molecular complexity index is 4390. The van der Waals surface area contributed by atoms with Gasteiger partial charge in [0.2, 0.25) is 53.2 Å². The number of amides is 12. The molecule has 0 aliphatic carbocycles. The molecule has 3 fully saturated rings. The molecule has 0 bridgehead atoms. The van der Waals surface area contributed by atoms with Gasteiger partial charge in [0.1, 0.15) is 67.6 Å². The number of aromatic amines is 1. The highest BCUT2D eigenvalue weighted by Gasteiger charge is 2.43. The first-order valence-corrected chi connectivity index (χ1v) is 45.2. The van der Waals surface area contributed by atoms with Crippen LogP contribution < -0.4 is 48.3 Å². The van der Waals surface area contributed by atoms with Crippen molar-refractivity contribution in [2.75, 3.05) is 70.0 Å². The molecule has 10 atom stereocenters. The van der Waals surface area contributed by atoms with E-state index in [1.165, 1.54) is 71.7 Å². The Morgan fingerprint density at radius 3 is 1.76 bits per heavy atom. The minimum Gasteiger partial charge on any atom is -0.481 e. The number of H-pyrrole nitrogens is 1. The third-order valence-corrected chi connectivity index (χ3v) is 26.7. The van der Waals surface area contributed by atoms with E-state index in [4.69, 9.17) is 31.0 Å². The van der Waals surface area contributed by atoms with Crippen molar-refractivity contribution < 1.29 is 86.4 Å². The molecule has 12 amide bonds. The van der Waals surface area contributed by atoms with E-state index in [9.17, 15) is 62.6 Å². The van der Waals surface area contributed by atoms with E-state index in [0.29, 0.717) is 64.8 Å². The number of para-hydroxylation sites is 1. The number of ether oxygens (including phenoxy) is 3. The fourth-order valence-electron chi connectivity index (χ4n) is 12.9. The van der Waals surface area contributed by atoms with Crippen LogP contribution in [0.15, 0.2) is 89.2 Å². The van der Waals surface area contributed by atoms with Crippen molar-refractivity contribution in [1.29, 1.82) is 0 Å². The summed E-state index contributed by atoms with van der Waals surface area (Å²) in [6.07, 6.45) is -0.760. The first-order valence-electron chi connectivity index (χ1n) is 39.4. The smallest absolute Gasteiger partial charge is 0.411 e. The van der Waals surface area contributed by atoms with Crippen LogP contribution in [0.5, 0.6) is 0 Å². The van der Waals surface area contributed by atoms with Crippen LogP contribution in [0.3, 0.4) is 0 Å². The van der Waals surface area contributed by atoms with Gasteiger partial charge in [0, 0.05) is 91.1 Å². The highest BCUT2D eigenvalue weighted by molar-refractivity contribution is 8.77. The number of aliphatic carboxylic acids is 1. The number of benzene rings is 3. The average Bonchev–Trinajstić information content (AvgIpc) is 1.68. The number of primary amides is 1. The van der Waals surface area contributed by atoms with Gasteiger partial charge in [-0.15, -0.1) is 11.8 Å². The van der Waals surface area contributed by atoms with E-state index in [0.717, 1.165) is 4.90 Å². The minimum atomic E-state index is -1.75. The summed E-state index contributed by atoms with van der Waals surface area (Å²) >= 11 is 1.33. The fraction of sp³-hybridized carbons (Fsp3) is 0.564. The van der Waals surface area contributed by atoms with Crippen molar-refractivity contribution in [3.05, 3.63) is 117 Å². The largest absolute Gasteiger partial charge is 0.481 e. The zero-order valence-electron chi connectivity index (χ0n) is 69.0. The Morgan fingerprint density at radius 2 is 1.17 bits per heavy atom. The number of hydrogen-bond acceptors (Lipinski definition) is 25. The third kappa shape index (κ3) is 32.6. The number of nitrogens with two attached hydrogens (primary N) is 1. The van der Waals surface area contributed by atoms with Gasteiger partial charge in [-0.05, 0) is 126 Å². The van der Waals surface area contributed by atoms with Crippen LogP contribution in [0.1, 0.15) is 136 Å². The summed E-state index contributed by atoms with van der Waals surface area (Å²) in [6, 6.07) is 7.96. The molecule has 7 rings (SSSR count). The number of azide groups is 2. The second kappa shape index (κ2) is 48.4. The Balaban J connectivity index is 1.06. The summed E-state index contributed by atoms with van der Waals surface area (Å²) in [4.78, 5) is 210. The highest BCUT2D eigenvalue weighted by atomic mass is 33.1. The Kier molecular flexibility index (Phi) is 39.1. The number of hydrogen-bond donors (Lipinski definition) is 11. The van der Waals surface area contributed by atoms with Crippen molar-refractivity contribution in [3.8, 4) is 0 Å². The molecule has 121 heavy (non-hydrogen) atoms. The molecule has 1 aromatic heterocycles. The van der Waals surface area contributed by atoms with Crippen molar-refractivity contribution >= 4 is 160 Å². The van der Waals surface area contributed by atoms with Gasteiger partial charge in [-0.3, -0.25) is 57.6 Å². The van der Waals surface area contributed by atoms with Gasteiger partial charge in [0.25, 0.3) is 5.91 Å². The van der Waals surface area contributed by atoms with Crippen molar-refractivity contribution in [1.82, 2.24) is 67.1 Å². The van der Waals surface area contributed by atoms with Gasteiger partial charge in [-0.25, -0.2) is 14.4 Å². The number of fused-ring (bicyclic) bond motifs is 1. The number of thioether (sulfide) groups is 1. The van der Waals surface area contributed by atoms with Crippen LogP contribution in [0.2, 0.25) is 0 Å². The fourth-order valence-corrected chi connectivity index (χ4v) is 19.0. The number of nitrogens with zero attached hydrogens (tertiary/aromatic N) is 10. The van der Waals surface area contributed by atoms with Crippen molar-refractivity contribution in [2.24, 2.45) is 16.0 Å². The normalized spacial score (nSPS) is 16.9. The van der Waals surface area contributed by atoms with E-state index in [2.05, 4.69) is 67.6 Å². The zero-order valence-corrected chi connectivity index (χ0v) is 73.1. The van der Waals surface area contributed by atoms with Crippen LogP contribution in [-0.2, 0) is 91.4 Å². The summed E-state index contributed by atoms with van der Waals surface area (Å²) in [5.74, 6) is -10.3. The average molecular weight is 1770 g/mol. The van der Waals surface area contributed by atoms with Gasteiger partial charge in [0.15, 0.2) is 6.10 Å². The lowest BCUT2D eigenvalue weighted by atomic mass is 10.0. The summed E-state index contributed by atoms with van der Waals surface area (Å²) in [7, 11) is 9.21. The van der Waals surface area contributed by atoms with E-state index in [1.807, 2.05) is 78.7 Å². The first-order chi connectivity index (χ1) is 57.5. The number of esters is 1. The predicted molar refractivity (Wildman–Crippen MR) is 461 cm³/mol. The number of carboxylic acids is 1. The molecule has 0 saturated carbocycles. The number of alkyl carbamates (subject to hydrolysis) is 1. The number of carboxylic acid groups (broad SMARTS) is 1. The standard InChI is InChI=1S/C78H108N20O18S5/c1-46(66(103)86-55(69(106)88-57(37-64(100)101)72(109)96-34-16-22-60(96)65(79)102)20-12-14-32-82-71(108)62-44-117-45-98(62)76(113)115-41-48-26-30-51(31-27-48)92-94-81)116-74(111)61-23-17-35-97(61)73(110)59(43-119-121-78(5,6)7)89-70(107)56(36-49-38-83-53-19-11-10-18-52(49)53)87-68(105)54(21-13-15-33-95(8)9)85-63(99)39-84-67(104)58(42-118-120-77(2,3)4)90-75(112)114-40-47-24-28-50(29-25-47)91-93-80/h10-11,18-19,24-31,38,46,54-62,83H,12-17,20-23,32-37,39-45H2,1-9H3,(H2,79,102)(H,82,108)(H,84,104)(H,85,99)(H,86,103)(H,87,105)(H,88,106)(H,89,107)(H,90,112)(H,100,101)/t46-,54-,55-,56-,57-,58-,59-,60-,61-,62-/m0/s1. The second-order valence-electron chi connectivity index (χ2n) is 31.2. The molecule has 658 valence electrons. The lowest BCUT2D eigenvalue weighted by molar-refractivity contribution is -0.162. The number of rotatable bonds is 45. The number of likely N-dealkylation sites (tertiary alicyclic amines) is 2. The Hall–Kier alpha value is -10.3. The predicted octanol–water partition coefficient (Wildman–Crippen LogP) is 7.39. The van der Waals surface area contributed by atoms with Crippen LogP contribution in [0.25, 0.3) is 31.8 Å². The zero-order chi connectivity index (χ0) is 88.5. The lowest BCUT2D eigenvalue weighted by Crippen LogP contribution is -2.59. The monoisotopic (exact) mass is 1770 g/mol. The summed E-state index contributed by atoms with van der Waals surface area (Å²) < 4.78 is 16.1. The molecule has 0 unspecified atom stereocenters. The molecule has 3 aliphatic rings. The van der Waals surface area contributed by atoms with Gasteiger partial charge in [-0.1, -0.05) is 162 Å². The summed E-state index contributed by atoms with van der Waals surface area (Å²) in [6.45, 7) is 12.7. The van der Waals surface area contributed by atoms with Crippen LogP contribution in [0.4, 0.5) is 21.0 Å². The van der Waals surface area contributed by atoms with Gasteiger partial charge < -0.3 is 87.3 Å². The molecule has 3 aliphatic heterocycles. The number of aromatic nitrogens is 1. The molecule has 0 radical (unpaired) electrons. The molecule has 3 aromatic carbocycles. The van der Waals surface area contributed by atoms with E-state index in [1.54, 1.807) is 60.8 Å². The number of nitrogens with one attached hydrogen (secondary N) is 9. The van der Waals surface area contributed by atoms with E-state index in [-0.39, 0.29) is 117 Å². The Morgan fingerprint density at radius 1 is 0.628 bits per heavy atom. The quantitative estimate of drug-likeness (QED) is 0.00390. The number of carbonyl (C=O) groups is 14. The number of carbonyl (C=O) groups excluding carboxylic acids is 13. The van der Waals surface area contributed by atoms with Crippen molar-refractivity contribution in [3.63, 3.8) is 0 Å². The minimum absolute atomic E-state index is 0.00804. The molecular formula is C78H108N20O18S5. The third-order valence-electron chi connectivity index (χ3n) is 19.0. The van der Waals surface area contributed by atoms with E-state index >= 15 is 9.59 Å². The maximum absolute atomic E-state index is 15.3. The SMILES string of the molecule is C[C@H](OC(=O)[C@@H]1CCCN1C(=O)[C@H](CSSC(C)(C)C)NC(=O)[C@H](Cc1c[nH]c2ccccc12)NC(=O)[C@H](CCCCN(C)C)NC(=O)CNC(=O)[C@H](CSSC(C)(C)C)NC(=O)OCc1ccc(N=[N+]=[N-])cc1)C(=O)N[C@@H](CCCCNC(=O)[C@@H]1CSCN1C(=O)OCc1ccc(N=[N+]=[N-])cc1)C(=O)N[C@@H](CC(=O)O)C(=O)N1CCC[C@H]1C(N)=O. The topological polar surface area (TPSA) is 535 Å². The second-order valence-corrected chi connectivity index (χ2v) is 38.5. The molecule has 4 heterocycles. The van der Waals surface area contributed by atoms with Crippen LogP contribution in [-0.4, -0.2) is 253 Å². The number of unbranched alkanes of at least 4 members (excludes halogenated alkanes) is 2. The van der Waals surface area contributed by atoms with Gasteiger partial charge >= 0.3 is 24.1 Å². The molecule has 0 spiro atoms.